The largest absolute Gasteiger partial charge is 0.351 e. The van der Waals surface area contributed by atoms with Crippen LogP contribution in [0.3, 0.4) is 0 Å². The number of fused-ring (bicyclic) bond motifs is 1. The predicted molar refractivity (Wildman–Crippen MR) is 94.6 cm³/mol. The maximum absolute atomic E-state index is 12.8. The Hall–Kier alpha value is -1.84. The minimum atomic E-state index is -0.286. The number of hydrogen-bond donors (Lipinski definition) is 1. The number of carbonyl (C=O) groups excluding carboxylic acids is 2. The molecular formula is C20H28N2O2. The van der Waals surface area contributed by atoms with Crippen molar-refractivity contribution in [2.75, 3.05) is 6.54 Å². The SMILES string of the molecule is CC(C)C(=O)N1CCCC[C@H]1C(=O)N[C@@H]1CCc2ccccc2C1. The number of aryl methyl sites for hydroxylation is 1. The van der Waals surface area contributed by atoms with Crippen LogP contribution in [0.2, 0.25) is 0 Å². The first-order valence-electron chi connectivity index (χ1n) is 9.24. The van der Waals surface area contributed by atoms with Crippen LogP contribution in [-0.2, 0) is 22.4 Å². The third-order valence-corrected chi connectivity index (χ3v) is 5.28. The molecule has 2 atom stereocenters. The molecule has 1 N–H and O–H groups in total. The van der Waals surface area contributed by atoms with E-state index in [4.69, 9.17) is 0 Å². The normalized spacial score (nSPS) is 23.7. The molecule has 1 aliphatic heterocycles. The summed E-state index contributed by atoms with van der Waals surface area (Å²) in [4.78, 5) is 27.0. The first-order valence-corrected chi connectivity index (χ1v) is 9.24. The lowest BCUT2D eigenvalue weighted by molar-refractivity contribution is -0.145. The minimum absolute atomic E-state index is 0.0353. The van der Waals surface area contributed by atoms with Gasteiger partial charge in [-0.1, -0.05) is 38.1 Å². The summed E-state index contributed by atoms with van der Waals surface area (Å²) in [6, 6.07) is 8.37. The van der Waals surface area contributed by atoms with E-state index in [0.717, 1.165) is 38.5 Å². The van der Waals surface area contributed by atoms with Crippen molar-refractivity contribution in [3.8, 4) is 0 Å². The molecule has 2 aliphatic rings. The fourth-order valence-corrected chi connectivity index (χ4v) is 3.92. The van der Waals surface area contributed by atoms with Crippen LogP contribution in [0.5, 0.6) is 0 Å². The van der Waals surface area contributed by atoms with Gasteiger partial charge in [0.2, 0.25) is 11.8 Å². The average molecular weight is 328 g/mol. The summed E-state index contributed by atoms with van der Waals surface area (Å²) in [7, 11) is 0. The molecule has 1 saturated heterocycles. The van der Waals surface area contributed by atoms with Gasteiger partial charge in [-0.05, 0) is 49.7 Å². The maximum atomic E-state index is 12.8. The molecule has 2 amide bonds. The summed E-state index contributed by atoms with van der Waals surface area (Å²) in [5.41, 5.74) is 2.74. The van der Waals surface area contributed by atoms with Gasteiger partial charge in [-0.25, -0.2) is 0 Å². The molecule has 4 nitrogen and oxygen atoms in total. The van der Waals surface area contributed by atoms with E-state index in [0.29, 0.717) is 6.54 Å². The van der Waals surface area contributed by atoms with Crippen molar-refractivity contribution < 1.29 is 9.59 Å². The van der Waals surface area contributed by atoms with Gasteiger partial charge in [0.05, 0.1) is 0 Å². The van der Waals surface area contributed by atoms with Crippen molar-refractivity contribution >= 4 is 11.8 Å². The second kappa shape index (κ2) is 7.37. The summed E-state index contributed by atoms with van der Waals surface area (Å²) in [5.74, 6) is 0.0804. The van der Waals surface area contributed by atoms with Gasteiger partial charge in [0.15, 0.2) is 0 Å². The molecule has 0 spiro atoms. The summed E-state index contributed by atoms with van der Waals surface area (Å²) in [6.45, 7) is 4.52. The zero-order chi connectivity index (χ0) is 17.1. The van der Waals surface area contributed by atoms with Gasteiger partial charge in [-0.3, -0.25) is 9.59 Å². The fourth-order valence-electron chi connectivity index (χ4n) is 3.92. The Morgan fingerprint density at radius 2 is 1.88 bits per heavy atom. The Bertz CT molecular complexity index is 611. The lowest BCUT2D eigenvalue weighted by atomic mass is 9.88. The van der Waals surface area contributed by atoms with E-state index in [-0.39, 0.29) is 29.8 Å². The number of piperidine rings is 1. The van der Waals surface area contributed by atoms with Crippen molar-refractivity contribution in [1.29, 1.82) is 0 Å². The number of amides is 2. The molecule has 1 aliphatic carbocycles. The summed E-state index contributed by atoms with van der Waals surface area (Å²) in [5, 5.41) is 3.22. The Balaban J connectivity index is 1.64. The summed E-state index contributed by atoms with van der Waals surface area (Å²) < 4.78 is 0. The van der Waals surface area contributed by atoms with E-state index in [1.165, 1.54) is 11.1 Å². The predicted octanol–water partition coefficient (Wildman–Crippen LogP) is 2.70. The molecule has 0 aromatic heterocycles. The fraction of sp³-hybridized carbons (Fsp3) is 0.600. The molecule has 0 radical (unpaired) electrons. The number of benzene rings is 1. The standard InChI is InChI=1S/C20H28N2O2/c1-14(2)20(24)22-12-6-5-9-18(22)19(23)21-17-11-10-15-7-3-4-8-16(15)13-17/h3-4,7-8,14,17-18H,5-6,9-13H2,1-2H3,(H,21,23)/t17-,18+/m1/s1. The quantitative estimate of drug-likeness (QED) is 0.927. The molecular weight excluding hydrogens is 300 g/mol. The number of hydrogen-bond acceptors (Lipinski definition) is 2. The molecule has 1 aromatic carbocycles. The van der Waals surface area contributed by atoms with Crippen molar-refractivity contribution in [2.45, 2.75) is 64.5 Å². The lowest BCUT2D eigenvalue weighted by Crippen LogP contribution is -2.55. The second-order valence-electron chi connectivity index (χ2n) is 7.41. The molecule has 0 saturated carbocycles. The van der Waals surface area contributed by atoms with Crippen molar-refractivity contribution in [1.82, 2.24) is 10.2 Å². The molecule has 130 valence electrons. The monoisotopic (exact) mass is 328 g/mol. The van der Waals surface area contributed by atoms with Crippen LogP contribution in [0.4, 0.5) is 0 Å². The third-order valence-electron chi connectivity index (χ3n) is 5.28. The van der Waals surface area contributed by atoms with Crippen molar-refractivity contribution in [3.63, 3.8) is 0 Å². The van der Waals surface area contributed by atoms with Crippen LogP contribution < -0.4 is 5.32 Å². The Morgan fingerprint density at radius 3 is 2.62 bits per heavy atom. The Morgan fingerprint density at radius 1 is 1.12 bits per heavy atom. The molecule has 4 heteroatoms. The molecule has 24 heavy (non-hydrogen) atoms. The highest BCUT2D eigenvalue weighted by Crippen LogP contribution is 2.23. The first kappa shape index (κ1) is 17.0. The highest BCUT2D eigenvalue weighted by Gasteiger charge is 2.34. The van der Waals surface area contributed by atoms with Crippen LogP contribution in [-0.4, -0.2) is 35.3 Å². The van der Waals surface area contributed by atoms with Gasteiger partial charge >= 0.3 is 0 Å². The molecule has 1 aromatic rings. The maximum Gasteiger partial charge on any atom is 0.243 e. The molecule has 1 heterocycles. The summed E-state index contributed by atoms with van der Waals surface area (Å²) >= 11 is 0. The molecule has 1 fully saturated rings. The molecule has 3 rings (SSSR count). The number of likely N-dealkylation sites (tertiary alicyclic amines) is 1. The smallest absolute Gasteiger partial charge is 0.243 e. The average Bonchev–Trinajstić information content (AvgIpc) is 2.60. The molecule has 0 unspecified atom stereocenters. The number of carbonyl (C=O) groups is 2. The van der Waals surface area contributed by atoms with Gasteiger partial charge in [0, 0.05) is 18.5 Å². The number of nitrogens with one attached hydrogen (secondary N) is 1. The van der Waals surface area contributed by atoms with Gasteiger partial charge in [0.25, 0.3) is 0 Å². The van der Waals surface area contributed by atoms with Gasteiger partial charge in [0.1, 0.15) is 6.04 Å². The zero-order valence-electron chi connectivity index (χ0n) is 14.8. The second-order valence-corrected chi connectivity index (χ2v) is 7.41. The van der Waals surface area contributed by atoms with Gasteiger partial charge in [-0.2, -0.15) is 0 Å². The topological polar surface area (TPSA) is 49.4 Å². The number of nitrogens with zero attached hydrogens (tertiary/aromatic N) is 1. The zero-order valence-corrected chi connectivity index (χ0v) is 14.8. The van der Waals surface area contributed by atoms with Crippen LogP contribution in [0.1, 0.15) is 50.7 Å². The number of rotatable bonds is 3. The highest BCUT2D eigenvalue weighted by molar-refractivity contribution is 5.88. The van der Waals surface area contributed by atoms with Crippen LogP contribution in [0.25, 0.3) is 0 Å². The van der Waals surface area contributed by atoms with E-state index in [2.05, 4.69) is 29.6 Å². The summed E-state index contributed by atoms with van der Waals surface area (Å²) in [6.07, 6.45) is 5.70. The minimum Gasteiger partial charge on any atom is -0.351 e. The van der Waals surface area contributed by atoms with E-state index in [1.807, 2.05) is 13.8 Å². The van der Waals surface area contributed by atoms with Crippen molar-refractivity contribution in [2.24, 2.45) is 5.92 Å². The van der Waals surface area contributed by atoms with Gasteiger partial charge < -0.3 is 10.2 Å². The van der Waals surface area contributed by atoms with E-state index in [1.54, 1.807) is 4.90 Å². The first-order chi connectivity index (χ1) is 11.6. The Labute approximate surface area is 144 Å². The Kier molecular flexibility index (Phi) is 5.22. The third kappa shape index (κ3) is 3.63. The van der Waals surface area contributed by atoms with E-state index in [9.17, 15) is 9.59 Å². The van der Waals surface area contributed by atoms with Crippen LogP contribution >= 0.6 is 0 Å². The van der Waals surface area contributed by atoms with E-state index < -0.39 is 0 Å². The molecule has 0 bridgehead atoms. The van der Waals surface area contributed by atoms with Crippen LogP contribution in [0.15, 0.2) is 24.3 Å². The highest BCUT2D eigenvalue weighted by atomic mass is 16.2. The lowest BCUT2D eigenvalue weighted by Gasteiger charge is -2.37. The van der Waals surface area contributed by atoms with Crippen LogP contribution in [0, 0.1) is 5.92 Å². The van der Waals surface area contributed by atoms with Gasteiger partial charge in [-0.15, -0.1) is 0 Å². The van der Waals surface area contributed by atoms with Crippen molar-refractivity contribution in [3.05, 3.63) is 35.4 Å². The van der Waals surface area contributed by atoms with E-state index >= 15 is 0 Å².